The third kappa shape index (κ3) is 3.70. The van der Waals surface area contributed by atoms with Gasteiger partial charge in [-0.3, -0.25) is 9.69 Å². The third-order valence-electron chi connectivity index (χ3n) is 5.64. The highest BCUT2D eigenvalue weighted by molar-refractivity contribution is 5.97. The van der Waals surface area contributed by atoms with E-state index in [0.717, 1.165) is 28.2 Å². The van der Waals surface area contributed by atoms with Gasteiger partial charge in [-0.25, -0.2) is 19.3 Å². The molecule has 0 saturated carbocycles. The Bertz CT molecular complexity index is 1380. The average molecular weight is 447 g/mol. The maximum Gasteiger partial charge on any atom is 0.265 e. The number of rotatable bonds is 4. The molecule has 1 amide bonds. The van der Waals surface area contributed by atoms with Crippen LogP contribution in [-0.4, -0.2) is 37.0 Å². The Kier molecular flexibility index (Phi) is 4.86. The normalized spacial score (nSPS) is 13.8. The van der Waals surface area contributed by atoms with E-state index in [2.05, 4.69) is 15.0 Å². The number of pyridine rings is 1. The van der Waals surface area contributed by atoms with Gasteiger partial charge in [0.05, 0.1) is 23.6 Å². The number of amides is 1. The highest BCUT2D eigenvalue weighted by Crippen LogP contribution is 2.35. The molecule has 0 fully saturated rings. The van der Waals surface area contributed by atoms with Crippen molar-refractivity contribution < 1.29 is 19.0 Å². The van der Waals surface area contributed by atoms with Crippen LogP contribution in [0.2, 0.25) is 0 Å². The van der Waals surface area contributed by atoms with Gasteiger partial charge in [0.1, 0.15) is 11.2 Å². The van der Waals surface area contributed by atoms with Gasteiger partial charge in [-0.2, -0.15) is 0 Å². The van der Waals surface area contributed by atoms with Crippen LogP contribution in [-0.2, 0) is 16.9 Å². The number of hydrogen-bond acceptors (Lipinski definition) is 6. The van der Waals surface area contributed by atoms with Gasteiger partial charge in [0.25, 0.3) is 5.91 Å². The second-order valence-electron chi connectivity index (χ2n) is 8.50. The summed E-state index contributed by atoms with van der Waals surface area (Å²) in [6, 6.07) is 8.33. The van der Waals surface area contributed by atoms with E-state index >= 15 is 0 Å². The van der Waals surface area contributed by atoms with Gasteiger partial charge in [-0.1, -0.05) is 6.07 Å². The summed E-state index contributed by atoms with van der Waals surface area (Å²) in [5.74, 6) is -0.345. The number of carbonyl (C=O) groups is 1. The minimum Gasteiger partial charge on any atom is -0.478 e. The van der Waals surface area contributed by atoms with Gasteiger partial charge in [-0.05, 0) is 45.0 Å². The smallest absolute Gasteiger partial charge is 0.265 e. The molecule has 4 heterocycles. The summed E-state index contributed by atoms with van der Waals surface area (Å²) in [6.07, 6.45) is 5.23. The number of nitrogens with zero attached hydrogens (tertiary/aromatic N) is 5. The number of benzene rings is 1. The zero-order chi connectivity index (χ0) is 23.3. The number of ether oxygens (including phenoxy) is 1. The molecule has 0 radical (unpaired) electrons. The molecule has 8 nitrogen and oxygen atoms in total. The molecule has 5 rings (SSSR count). The van der Waals surface area contributed by atoms with E-state index in [-0.39, 0.29) is 24.8 Å². The maximum absolute atomic E-state index is 14.2. The van der Waals surface area contributed by atoms with Crippen LogP contribution in [0.4, 0.5) is 10.1 Å². The van der Waals surface area contributed by atoms with Gasteiger partial charge in [-0.15, -0.1) is 0 Å². The molecule has 9 heteroatoms. The molecule has 1 N–H and O–H groups in total. The second kappa shape index (κ2) is 7.63. The van der Waals surface area contributed by atoms with E-state index in [1.807, 2.05) is 29.7 Å². The summed E-state index contributed by atoms with van der Waals surface area (Å²) in [7, 11) is 0. The maximum atomic E-state index is 14.2. The molecule has 33 heavy (non-hydrogen) atoms. The molecule has 4 aromatic rings. The van der Waals surface area contributed by atoms with Crippen molar-refractivity contribution >= 4 is 17.2 Å². The van der Waals surface area contributed by atoms with E-state index in [1.54, 1.807) is 38.4 Å². The van der Waals surface area contributed by atoms with Gasteiger partial charge < -0.3 is 14.2 Å². The lowest BCUT2D eigenvalue weighted by Crippen LogP contribution is -2.39. The predicted octanol–water partition coefficient (Wildman–Crippen LogP) is 3.39. The van der Waals surface area contributed by atoms with E-state index < -0.39 is 11.4 Å². The van der Waals surface area contributed by atoms with E-state index in [9.17, 15) is 14.3 Å². The molecular formula is C24H22FN5O3. The van der Waals surface area contributed by atoms with Crippen LogP contribution in [0.5, 0.6) is 5.75 Å². The standard InChI is InChI=1S/C24H22FN5O3/c1-14-19(12-30-18-6-4-5-17(25)22(18)33-13-21(30)31)29-11-15(7-8-20(29)28-14)16-9-26-23(27-10-16)24(2,3)32/h4-11,32H,12-13H2,1-3H3. The van der Waals surface area contributed by atoms with E-state index in [0.29, 0.717) is 11.5 Å². The fraction of sp³-hybridized carbons (Fsp3) is 0.250. The molecule has 1 aromatic carbocycles. The first kappa shape index (κ1) is 21.0. The minimum absolute atomic E-state index is 0.0771. The summed E-state index contributed by atoms with van der Waals surface area (Å²) in [5.41, 5.74) is 3.18. The van der Waals surface area contributed by atoms with Crippen molar-refractivity contribution in [1.29, 1.82) is 0 Å². The predicted molar refractivity (Wildman–Crippen MR) is 119 cm³/mol. The number of fused-ring (bicyclic) bond motifs is 2. The van der Waals surface area contributed by atoms with Crippen LogP contribution >= 0.6 is 0 Å². The highest BCUT2D eigenvalue weighted by atomic mass is 19.1. The van der Waals surface area contributed by atoms with Gasteiger partial charge in [0.2, 0.25) is 0 Å². The molecule has 0 atom stereocenters. The zero-order valence-corrected chi connectivity index (χ0v) is 18.4. The fourth-order valence-electron chi connectivity index (χ4n) is 3.89. The highest BCUT2D eigenvalue weighted by Gasteiger charge is 2.29. The van der Waals surface area contributed by atoms with Gasteiger partial charge >= 0.3 is 0 Å². The lowest BCUT2D eigenvalue weighted by molar-refractivity contribution is -0.121. The van der Waals surface area contributed by atoms with Crippen molar-refractivity contribution in [2.24, 2.45) is 0 Å². The first-order valence-electron chi connectivity index (χ1n) is 10.5. The molecule has 3 aromatic heterocycles. The Morgan fingerprint density at radius 1 is 1.15 bits per heavy atom. The number of aliphatic hydroxyl groups is 1. The fourth-order valence-corrected chi connectivity index (χ4v) is 3.89. The van der Waals surface area contributed by atoms with Crippen molar-refractivity contribution in [3.05, 3.63) is 72.0 Å². The summed E-state index contributed by atoms with van der Waals surface area (Å²) in [4.78, 5) is 27.4. The largest absolute Gasteiger partial charge is 0.478 e. The summed E-state index contributed by atoms with van der Waals surface area (Å²) < 4.78 is 21.5. The molecular weight excluding hydrogens is 425 g/mol. The second-order valence-corrected chi connectivity index (χ2v) is 8.50. The quantitative estimate of drug-likeness (QED) is 0.516. The molecule has 0 bridgehead atoms. The molecule has 0 aliphatic carbocycles. The number of aryl methyl sites for hydroxylation is 1. The third-order valence-corrected chi connectivity index (χ3v) is 5.64. The van der Waals surface area contributed by atoms with Crippen molar-refractivity contribution in [3.8, 4) is 16.9 Å². The Morgan fingerprint density at radius 2 is 1.91 bits per heavy atom. The van der Waals surface area contributed by atoms with Crippen LogP contribution in [0.15, 0.2) is 48.9 Å². The van der Waals surface area contributed by atoms with E-state index in [4.69, 9.17) is 4.74 Å². The topological polar surface area (TPSA) is 92.9 Å². The van der Waals surface area contributed by atoms with Crippen molar-refractivity contribution in [2.75, 3.05) is 11.5 Å². The average Bonchev–Trinajstić information content (AvgIpc) is 3.09. The van der Waals surface area contributed by atoms with Gasteiger partial charge in [0, 0.05) is 29.7 Å². The monoisotopic (exact) mass is 447 g/mol. The lowest BCUT2D eigenvalue weighted by atomic mass is 10.1. The number of anilines is 1. The first-order chi connectivity index (χ1) is 15.7. The number of halogens is 1. The van der Waals surface area contributed by atoms with Crippen LogP contribution in [0.3, 0.4) is 0 Å². The molecule has 168 valence electrons. The van der Waals surface area contributed by atoms with Crippen molar-refractivity contribution in [1.82, 2.24) is 19.4 Å². The van der Waals surface area contributed by atoms with Crippen LogP contribution in [0.25, 0.3) is 16.8 Å². The van der Waals surface area contributed by atoms with Crippen LogP contribution in [0.1, 0.15) is 31.1 Å². The Labute approximate surface area is 189 Å². The summed E-state index contributed by atoms with van der Waals surface area (Å²) >= 11 is 0. The Morgan fingerprint density at radius 3 is 2.64 bits per heavy atom. The van der Waals surface area contributed by atoms with Gasteiger partial charge in [0.15, 0.2) is 24.0 Å². The number of carbonyl (C=O) groups excluding carboxylic acids is 1. The molecule has 1 aliphatic rings. The molecule has 1 aliphatic heterocycles. The number of aromatic nitrogens is 4. The van der Waals surface area contributed by atoms with E-state index in [1.165, 1.54) is 11.0 Å². The molecule has 0 spiro atoms. The first-order valence-corrected chi connectivity index (χ1v) is 10.5. The minimum atomic E-state index is -1.13. The van der Waals surface area contributed by atoms with Crippen LogP contribution in [0, 0.1) is 12.7 Å². The Hall–Kier alpha value is -3.85. The SMILES string of the molecule is Cc1nc2ccc(-c3cnc(C(C)(C)O)nc3)cn2c1CN1C(=O)COc2c(F)cccc21. The summed E-state index contributed by atoms with van der Waals surface area (Å²) in [5, 5.41) is 10.1. The van der Waals surface area contributed by atoms with Crippen molar-refractivity contribution in [3.63, 3.8) is 0 Å². The lowest BCUT2D eigenvalue weighted by Gasteiger charge is -2.29. The summed E-state index contributed by atoms with van der Waals surface area (Å²) in [6.45, 7) is 5.13. The molecule has 0 saturated heterocycles. The Balaban J connectivity index is 1.54. The van der Waals surface area contributed by atoms with Crippen LogP contribution < -0.4 is 9.64 Å². The zero-order valence-electron chi connectivity index (χ0n) is 18.4. The number of para-hydroxylation sites is 1. The number of imidazole rings is 1. The molecule has 0 unspecified atom stereocenters. The van der Waals surface area contributed by atoms with Crippen molar-refractivity contribution in [2.45, 2.75) is 32.9 Å². The number of hydrogen-bond donors (Lipinski definition) is 1.